The van der Waals surface area contributed by atoms with Gasteiger partial charge >= 0.3 is 6.18 Å². The molecule has 1 N–H and O–H groups in total. The fourth-order valence-electron chi connectivity index (χ4n) is 2.93. The second-order valence-corrected chi connectivity index (χ2v) is 7.08. The normalized spacial score (nSPS) is 11.4. The van der Waals surface area contributed by atoms with Crippen molar-refractivity contribution in [1.29, 1.82) is 0 Å². The Kier molecular flexibility index (Phi) is 6.00. The van der Waals surface area contributed by atoms with Gasteiger partial charge in [0.15, 0.2) is 0 Å². The summed E-state index contributed by atoms with van der Waals surface area (Å²) in [5.74, 6) is 1.63. The third kappa shape index (κ3) is 4.83. The van der Waals surface area contributed by atoms with E-state index in [-0.39, 0.29) is 6.61 Å². The fourth-order valence-corrected chi connectivity index (χ4v) is 3.04. The number of halogens is 4. The lowest BCUT2D eigenvalue weighted by Crippen LogP contribution is -2.06. The number of aromatic nitrogens is 4. The Morgan fingerprint density at radius 3 is 2.53 bits per heavy atom. The van der Waals surface area contributed by atoms with E-state index in [0.29, 0.717) is 33.9 Å². The minimum Gasteiger partial charge on any atom is -0.496 e. The average molecular weight is 461 g/mol. The molecule has 4 rings (SSSR count). The SMILES string of the molecule is COc1cc(OCc2ccc(C(F)(F)F)cn2)ccc1-c1c[nH]c(-c2ccc(Cl)nc2)n1. The summed E-state index contributed by atoms with van der Waals surface area (Å²) in [5, 5.41) is 0.393. The molecule has 0 fully saturated rings. The van der Waals surface area contributed by atoms with Crippen LogP contribution in [0.15, 0.2) is 61.1 Å². The van der Waals surface area contributed by atoms with Crippen LogP contribution in [0, 0.1) is 0 Å². The maximum Gasteiger partial charge on any atom is 0.417 e. The Balaban J connectivity index is 1.49. The molecular weight excluding hydrogens is 445 g/mol. The summed E-state index contributed by atoms with van der Waals surface area (Å²) >= 11 is 5.83. The molecule has 0 amide bonds. The van der Waals surface area contributed by atoms with Crippen molar-refractivity contribution in [3.8, 4) is 34.1 Å². The molecule has 6 nitrogen and oxygen atoms in total. The Morgan fingerprint density at radius 2 is 1.88 bits per heavy atom. The predicted molar refractivity (Wildman–Crippen MR) is 112 cm³/mol. The molecule has 3 aromatic heterocycles. The minimum atomic E-state index is -4.42. The quantitative estimate of drug-likeness (QED) is 0.368. The van der Waals surface area contributed by atoms with E-state index in [2.05, 4.69) is 19.9 Å². The van der Waals surface area contributed by atoms with E-state index in [1.807, 2.05) is 0 Å². The van der Waals surface area contributed by atoms with Crippen LogP contribution < -0.4 is 9.47 Å². The largest absolute Gasteiger partial charge is 0.496 e. The number of aromatic amines is 1. The molecule has 0 atom stereocenters. The van der Waals surface area contributed by atoms with Crippen LogP contribution >= 0.6 is 11.6 Å². The smallest absolute Gasteiger partial charge is 0.417 e. The van der Waals surface area contributed by atoms with Gasteiger partial charge in [0.05, 0.1) is 24.1 Å². The number of hydrogen-bond acceptors (Lipinski definition) is 5. The van der Waals surface area contributed by atoms with Gasteiger partial charge in [0.1, 0.15) is 29.1 Å². The highest BCUT2D eigenvalue weighted by Crippen LogP contribution is 2.34. The first kappa shape index (κ1) is 21.6. The molecule has 10 heteroatoms. The Morgan fingerprint density at radius 1 is 1.03 bits per heavy atom. The number of nitrogens with zero attached hydrogens (tertiary/aromatic N) is 3. The van der Waals surface area contributed by atoms with Crippen LogP contribution in [0.2, 0.25) is 5.15 Å². The summed E-state index contributed by atoms with van der Waals surface area (Å²) in [5.41, 5.74) is 1.73. The first-order chi connectivity index (χ1) is 15.3. The van der Waals surface area contributed by atoms with Crippen molar-refractivity contribution in [2.45, 2.75) is 12.8 Å². The number of methoxy groups -OCH3 is 1. The molecule has 0 radical (unpaired) electrons. The standard InChI is InChI=1S/C22H16ClF3N4O2/c1-31-19-8-16(32-12-15-4-3-14(10-27-15)22(24,25)26)5-6-17(19)18-11-29-21(30-18)13-2-7-20(23)28-9-13/h2-11H,12H2,1H3,(H,29,30). The Hall–Kier alpha value is -3.59. The molecule has 0 aliphatic heterocycles. The van der Waals surface area contributed by atoms with E-state index in [4.69, 9.17) is 21.1 Å². The number of alkyl halides is 3. The lowest BCUT2D eigenvalue weighted by atomic mass is 10.1. The van der Waals surface area contributed by atoms with E-state index >= 15 is 0 Å². The molecule has 0 saturated heterocycles. The van der Waals surface area contributed by atoms with Crippen LogP contribution in [0.4, 0.5) is 13.2 Å². The second kappa shape index (κ2) is 8.88. The van der Waals surface area contributed by atoms with Gasteiger partial charge in [0.2, 0.25) is 0 Å². The second-order valence-electron chi connectivity index (χ2n) is 6.69. The topological polar surface area (TPSA) is 72.9 Å². The average Bonchev–Trinajstić information content (AvgIpc) is 3.27. The lowest BCUT2D eigenvalue weighted by molar-refractivity contribution is -0.137. The van der Waals surface area contributed by atoms with Gasteiger partial charge in [-0.15, -0.1) is 0 Å². The van der Waals surface area contributed by atoms with E-state index in [0.717, 1.165) is 23.4 Å². The Labute approximate surface area is 186 Å². The van der Waals surface area contributed by atoms with Gasteiger partial charge in [-0.3, -0.25) is 4.98 Å². The number of imidazole rings is 1. The summed E-state index contributed by atoms with van der Waals surface area (Å²) in [6.07, 6.45) is -0.275. The molecule has 0 bridgehead atoms. The third-order valence-electron chi connectivity index (χ3n) is 4.57. The first-order valence-electron chi connectivity index (χ1n) is 9.34. The molecule has 3 heterocycles. The zero-order valence-corrected chi connectivity index (χ0v) is 17.4. The predicted octanol–water partition coefficient (Wildman–Crippen LogP) is 5.79. The van der Waals surface area contributed by atoms with Crippen LogP contribution in [0.25, 0.3) is 22.6 Å². The van der Waals surface area contributed by atoms with Crippen molar-refractivity contribution in [1.82, 2.24) is 19.9 Å². The van der Waals surface area contributed by atoms with Crippen molar-refractivity contribution in [2.24, 2.45) is 0 Å². The van der Waals surface area contributed by atoms with E-state index in [1.54, 1.807) is 42.7 Å². The van der Waals surface area contributed by atoms with Gasteiger partial charge in [0, 0.05) is 35.8 Å². The molecule has 0 aliphatic carbocycles. The van der Waals surface area contributed by atoms with Crippen molar-refractivity contribution in [3.63, 3.8) is 0 Å². The van der Waals surface area contributed by atoms with Crippen molar-refractivity contribution in [3.05, 3.63) is 77.5 Å². The van der Waals surface area contributed by atoms with Gasteiger partial charge in [-0.1, -0.05) is 11.6 Å². The Bertz CT molecular complexity index is 1210. The molecule has 4 aromatic rings. The van der Waals surface area contributed by atoms with Gasteiger partial charge in [-0.25, -0.2) is 9.97 Å². The van der Waals surface area contributed by atoms with Crippen LogP contribution in [-0.2, 0) is 12.8 Å². The first-order valence-corrected chi connectivity index (χ1v) is 9.72. The molecule has 0 spiro atoms. The molecule has 0 aliphatic rings. The van der Waals surface area contributed by atoms with Gasteiger partial charge in [0.25, 0.3) is 0 Å². The van der Waals surface area contributed by atoms with Crippen LogP contribution in [0.3, 0.4) is 0 Å². The summed E-state index contributed by atoms with van der Waals surface area (Å²) in [7, 11) is 1.52. The summed E-state index contributed by atoms with van der Waals surface area (Å²) in [6, 6.07) is 10.9. The number of rotatable bonds is 6. The summed E-state index contributed by atoms with van der Waals surface area (Å²) < 4.78 is 49.1. The van der Waals surface area contributed by atoms with E-state index < -0.39 is 11.7 Å². The van der Waals surface area contributed by atoms with Crippen LogP contribution in [-0.4, -0.2) is 27.0 Å². The highest BCUT2D eigenvalue weighted by atomic mass is 35.5. The number of H-pyrrole nitrogens is 1. The molecule has 0 saturated carbocycles. The number of benzene rings is 1. The van der Waals surface area contributed by atoms with Crippen molar-refractivity contribution < 1.29 is 22.6 Å². The summed E-state index contributed by atoms with van der Waals surface area (Å²) in [6.45, 7) is 0.0107. The molecular formula is C22H16ClF3N4O2. The zero-order valence-electron chi connectivity index (χ0n) is 16.7. The number of pyridine rings is 2. The lowest BCUT2D eigenvalue weighted by Gasteiger charge is -2.11. The fraction of sp³-hybridized carbons (Fsp3) is 0.136. The number of ether oxygens (including phenoxy) is 2. The third-order valence-corrected chi connectivity index (χ3v) is 4.79. The maximum absolute atomic E-state index is 12.6. The number of hydrogen-bond donors (Lipinski definition) is 1. The van der Waals surface area contributed by atoms with Crippen molar-refractivity contribution in [2.75, 3.05) is 7.11 Å². The molecule has 164 valence electrons. The van der Waals surface area contributed by atoms with Gasteiger partial charge in [-0.05, 0) is 36.4 Å². The van der Waals surface area contributed by atoms with Gasteiger partial charge < -0.3 is 14.5 Å². The molecule has 32 heavy (non-hydrogen) atoms. The van der Waals surface area contributed by atoms with Crippen molar-refractivity contribution >= 4 is 11.6 Å². The van der Waals surface area contributed by atoms with Gasteiger partial charge in [-0.2, -0.15) is 13.2 Å². The number of nitrogens with one attached hydrogen (secondary N) is 1. The van der Waals surface area contributed by atoms with Crippen LogP contribution in [0.5, 0.6) is 11.5 Å². The minimum absolute atomic E-state index is 0.0107. The highest BCUT2D eigenvalue weighted by molar-refractivity contribution is 6.29. The monoisotopic (exact) mass is 460 g/mol. The molecule has 0 unspecified atom stereocenters. The molecule has 1 aromatic carbocycles. The van der Waals surface area contributed by atoms with E-state index in [1.165, 1.54) is 13.2 Å². The summed E-state index contributed by atoms with van der Waals surface area (Å²) in [4.78, 5) is 15.5. The maximum atomic E-state index is 12.6. The zero-order chi connectivity index (χ0) is 22.7. The van der Waals surface area contributed by atoms with E-state index in [9.17, 15) is 13.2 Å². The highest BCUT2D eigenvalue weighted by Gasteiger charge is 2.30. The van der Waals surface area contributed by atoms with Crippen LogP contribution in [0.1, 0.15) is 11.3 Å².